The average Bonchev–Trinajstić information content (AvgIpc) is 3.71. The van der Waals surface area contributed by atoms with E-state index >= 15 is 0 Å². The summed E-state index contributed by atoms with van der Waals surface area (Å²) in [5, 5.41) is 13.8. The number of aromatic nitrogens is 2. The maximum Gasteiger partial charge on any atom is 0.320 e. The van der Waals surface area contributed by atoms with Crippen LogP contribution in [0.3, 0.4) is 0 Å². The molecule has 2 aromatic carbocycles. The highest BCUT2D eigenvalue weighted by atomic mass is 35.5. The van der Waals surface area contributed by atoms with Gasteiger partial charge < -0.3 is 24.6 Å². The highest BCUT2D eigenvalue weighted by Crippen LogP contribution is 2.37. The molecule has 9 nitrogen and oxygen atoms in total. The van der Waals surface area contributed by atoms with Gasteiger partial charge in [0.25, 0.3) is 0 Å². The first-order valence-electron chi connectivity index (χ1n) is 13.9. The summed E-state index contributed by atoms with van der Waals surface area (Å²) in [6.45, 7) is 9.08. The van der Waals surface area contributed by atoms with Gasteiger partial charge in [-0.15, -0.1) is 0 Å². The van der Waals surface area contributed by atoms with Gasteiger partial charge in [-0.2, -0.15) is 0 Å². The van der Waals surface area contributed by atoms with Crippen LogP contribution in [0.15, 0.2) is 36.7 Å². The Bertz CT molecular complexity index is 1350. The highest BCUT2D eigenvalue weighted by Gasteiger charge is 2.24. The maximum atomic E-state index is 13.6. The van der Waals surface area contributed by atoms with Gasteiger partial charge in [-0.1, -0.05) is 11.6 Å². The molecule has 1 saturated carbocycles. The molecule has 11 heteroatoms. The molecule has 0 bridgehead atoms. The number of fused-ring (bicyclic) bond motifs is 1. The minimum atomic E-state index is -0.588. The number of hydrogen-bond acceptors (Lipinski definition) is 9. The Morgan fingerprint density at radius 1 is 1.20 bits per heavy atom. The van der Waals surface area contributed by atoms with Crippen molar-refractivity contribution in [2.24, 2.45) is 5.92 Å². The monoisotopic (exact) mass is 588 g/mol. The molecule has 1 aromatic heterocycles. The molecule has 2 N–H and O–H groups in total. The van der Waals surface area contributed by atoms with Crippen molar-refractivity contribution in [3.8, 4) is 11.5 Å². The predicted molar refractivity (Wildman–Crippen MR) is 157 cm³/mol. The summed E-state index contributed by atoms with van der Waals surface area (Å²) in [4.78, 5) is 23.0. The number of carbonyl (C=O) groups excluding carboxylic acids is 1. The molecule has 0 unspecified atom stereocenters. The highest BCUT2D eigenvalue weighted by molar-refractivity contribution is 6.31. The van der Waals surface area contributed by atoms with Crippen LogP contribution in [-0.4, -0.2) is 70.5 Å². The third-order valence-corrected chi connectivity index (χ3v) is 6.52. The summed E-state index contributed by atoms with van der Waals surface area (Å²) in [6, 6.07) is 8.04. The lowest BCUT2D eigenvalue weighted by molar-refractivity contribution is -0.156. The number of anilines is 2. The van der Waals surface area contributed by atoms with Crippen molar-refractivity contribution < 1.29 is 28.5 Å². The molecule has 1 heterocycles. The summed E-state index contributed by atoms with van der Waals surface area (Å²) in [5.41, 5.74) is 0.657. The van der Waals surface area contributed by atoms with Crippen molar-refractivity contribution >= 4 is 40.0 Å². The Kier molecular flexibility index (Phi) is 10.2. The van der Waals surface area contributed by atoms with Crippen LogP contribution in [0.5, 0.6) is 11.5 Å². The number of rotatable bonds is 14. The number of nitrogens with zero attached hydrogens (tertiary/aromatic N) is 3. The van der Waals surface area contributed by atoms with Crippen molar-refractivity contribution in [2.75, 3.05) is 38.2 Å². The molecular weight excluding hydrogens is 551 g/mol. The largest absolute Gasteiger partial charge is 0.490 e. The molecule has 4 rings (SSSR count). The maximum absolute atomic E-state index is 13.6. The quantitative estimate of drug-likeness (QED) is 0.180. The summed E-state index contributed by atoms with van der Waals surface area (Å²) in [7, 11) is 0. The van der Waals surface area contributed by atoms with Gasteiger partial charge >= 0.3 is 5.97 Å². The van der Waals surface area contributed by atoms with E-state index in [0.717, 1.165) is 12.8 Å². The number of esters is 1. The van der Waals surface area contributed by atoms with Gasteiger partial charge in [0.2, 0.25) is 0 Å². The molecule has 0 radical (unpaired) electrons. The summed E-state index contributed by atoms with van der Waals surface area (Å²) >= 11 is 5.95. The van der Waals surface area contributed by atoms with Gasteiger partial charge in [0.05, 0.1) is 36.4 Å². The van der Waals surface area contributed by atoms with Crippen LogP contribution < -0.4 is 14.8 Å². The van der Waals surface area contributed by atoms with Crippen LogP contribution in [0.25, 0.3) is 10.9 Å². The fourth-order valence-electron chi connectivity index (χ4n) is 4.23. The van der Waals surface area contributed by atoms with E-state index in [2.05, 4.69) is 15.3 Å². The van der Waals surface area contributed by atoms with Crippen molar-refractivity contribution in [3.63, 3.8) is 0 Å². The lowest BCUT2D eigenvalue weighted by Gasteiger charge is -2.26. The Balaban J connectivity index is 1.46. The lowest BCUT2D eigenvalue weighted by atomic mass is 10.2. The molecule has 1 atom stereocenters. The molecule has 1 aliphatic rings. The van der Waals surface area contributed by atoms with E-state index in [1.165, 1.54) is 18.5 Å². The molecule has 222 valence electrons. The first-order chi connectivity index (χ1) is 19.5. The van der Waals surface area contributed by atoms with E-state index in [1.54, 1.807) is 13.0 Å². The molecular formula is C30H38ClFN4O5. The van der Waals surface area contributed by atoms with Crippen molar-refractivity contribution in [3.05, 3.63) is 47.5 Å². The van der Waals surface area contributed by atoms with Gasteiger partial charge in [-0.05, 0) is 77.1 Å². The summed E-state index contributed by atoms with van der Waals surface area (Å²) < 4.78 is 31.4. The summed E-state index contributed by atoms with van der Waals surface area (Å²) in [6.07, 6.45) is 3.74. The number of ether oxygens (including phenoxy) is 3. The van der Waals surface area contributed by atoms with E-state index < -0.39 is 17.5 Å². The molecule has 0 amide bonds. The van der Waals surface area contributed by atoms with E-state index in [1.807, 2.05) is 37.8 Å². The van der Waals surface area contributed by atoms with Crippen LogP contribution in [-0.2, 0) is 9.53 Å². The van der Waals surface area contributed by atoms with E-state index in [9.17, 15) is 14.3 Å². The van der Waals surface area contributed by atoms with Crippen LogP contribution in [0.4, 0.5) is 15.9 Å². The number of carbonyl (C=O) groups is 1. The molecule has 1 fully saturated rings. The normalized spacial score (nSPS) is 14.2. The Hall–Kier alpha value is -3.21. The Morgan fingerprint density at radius 2 is 1.95 bits per heavy atom. The molecule has 1 aliphatic carbocycles. The van der Waals surface area contributed by atoms with Gasteiger partial charge in [-0.25, -0.2) is 14.4 Å². The van der Waals surface area contributed by atoms with Gasteiger partial charge in [-0.3, -0.25) is 9.69 Å². The van der Waals surface area contributed by atoms with Crippen molar-refractivity contribution in [2.45, 2.75) is 58.7 Å². The number of aliphatic hydroxyl groups is 1. The zero-order valence-electron chi connectivity index (χ0n) is 24.0. The Morgan fingerprint density at radius 3 is 2.63 bits per heavy atom. The SMILES string of the molecule is C[C@@H](O)CN(CCCOc1cc2ncnc(Nc3ccc(F)c(Cl)c3)c2cc1OCC1CC1)CC(=O)OC(C)(C)C. The fraction of sp³-hybridized carbons (Fsp3) is 0.500. The zero-order chi connectivity index (χ0) is 29.6. The fourth-order valence-corrected chi connectivity index (χ4v) is 4.41. The molecule has 0 aliphatic heterocycles. The zero-order valence-corrected chi connectivity index (χ0v) is 24.7. The van der Waals surface area contributed by atoms with E-state index in [0.29, 0.717) is 72.5 Å². The second-order valence-electron chi connectivity index (χ2n) is 11.4. The number of benzene rings is 2. The molecule has 0 spiro atoms. The van der Waals surface area contributed by atoms with Gasteiger partial charge in [0.1, 0.15) is 23.6 Å². The number of nitrogens with one attached hydrogen (secondary N) is 1. The van der Waals surface area contributed by atoms with Gasteiger partial charge in [0, 0.05) is 30.2 Å². The van der Waals surface area contributed by atoms with Crippen molar-refractivity contribution in [1.82, 2.24) is 14.9 Å². The third-order valence-electron chi connectivity index (χ3n) is 6.23. The van der Waals surface area contributed by atoms with Crippen molar-refractivity contribution in [1.29, 1.82) is 0 Å². The minimum absolute atomic E-state index is 0.00982. The average molecular weight is 589 g/mol. The number of aliphatic hydroxyl groups excluding tert-OH is 1. The van der Waals surface area contributed by atoms with E-state index in [4.69, 9.17) is 25.8 Å². The smallest absolute Gasteiger partial charge is 0.320 e. The van der Waals surface area contributed by atoms with Crippen LogP contribution >= 0.6 is 11.6 Å². The van der Waals surface area contributed by atoms with Gasteiger partial charge in [0.15, 0.2) is 11.5 Å². The third kappa shape index (κ3) is 9.69. The van der Waals surface area contributed by atoms with Crippen LogP contribution in [0.2, 0.25) is 5.02 Å². The topological polar surface area (TPSA) is 106 Å². The predicted octanol–water partition coefficient (Wildman–Crippen LogP) is 5.75. The second kappa shape index (κ2) is 13.6. The number of halogens is 2. The van der Waals surface area contributed by atoms with E-state index in [-0.39, 0.29) is 17.5 Å². The first kappa shape index (κ1) is 30.7. The summed E-state index contributed by atoms with van der Waals surface area (Å²) in [5.74, 6) is 1.36. The lowest BCUT2D eigenvalue weighted by Crippen LogP contribution is -2.39. The van der Waals surface area contributed by atoms with Crippen LogP contribution in [0, 0.1) is 11.7 Å². The Labute approximate surface area is 245 Å². The second-order valence-corrected chi connectivity index (χ2v) is 11.8. The van der Waals surface area contributed by atoms with Crippen LogP contribution in [0.1, 0.15) is 47.0 Å². The minimum Gasteiger partial charge on any atom is -0.490 e. The first-order valence-corrected chi connectivity index (χ1v) is 14.2. The molecule has 0 saturated heterocycles. The molecule has 41 heavy (non-hydrogen) atoms. The molecule has 3 aromatic rings. The standard InChI is InChI=1S/C30H38ClFN4O5/c1-19(37)15-36(16-28(38)41-30(2,3)4)10-5-11-39-27-14-25-22(13-26(27)40-17-20-6-7-20)29(34-18-33-25)35-21-8-9-24(32)23(31)12-21/h8-9,12-14,18-20,37H,5-7,10-11,15-17H2,1-4H3,(H,33,34,35)/t19-/m1/s1. The number of hydrogen-bond donors (Lipinski definition) is 2.